The van der Waals surface area contributed by atoms with Gasteiger partial charge in [-0.05, 0) is 62.7 Å². The first-order chi connectivity index (χ1) is 11.0. The SMILES string of the molecule is C[C@@H](NC(=O)CCn1cncn1)C12C[C@H]3C[C@@H](CC(O)(C3)C1)C2. The highest BCUT2D eigenvalue weighted by atomic mass is 16.3. The van der Waals surface area contributed by atoms with Crippen molar-refractivity contribution in [1.82, 2.24) is 20.1 Å². The van der Waals surface area contributed by atoms with E-state index in [1.807, 2.05) is 0 Å². The van der Waals surface area contributed by atoms with E-state index in [1.54, 1.807) is 11.0 Å². The van der Waals surface area contributed by atoms with Gasteiger partial charge in [-0.25, -0.2) is 4.98 Å². The van der Waals surface area contributed by atoms with E-state index in [9.17, 15) is 9.90 Å². The van der Waals surface area contributed by atoms with Crippen LogP contribution >= 0.6 is 0 Å². The molecule has 126 valence electrons. The highest BCUT2D eigenvalue weighted by Crippen LogP contribution is 2.62. The summed E-state index contributed by atoms with van der Waals surface area (Å²) >= 11 is 0. The van der Waals surface area contributed by atoms with Gasteiger partial charge < -0.3 is 10.4 Å². The maximum Gasteiger partial charge on any atom is 0.222 e. The van der Waals surface area contributed by atoms with Crippen molar-refractivity contribution < 1.29 is 9.90 Å². The summed E-state index contributed by atoms with van der Waals surface area (Å²) in [6, 6.07) is 0.128. The summed E-state index contributed by atoms with van der Waals surface area (Å²) in [5.74, 6) is 1.36. The number of rotatable bonds is 5. The number of hydrogen-bond donors (Lipinski definition) is 2. The minimum atomic E-state index is -0.468. The van der Waals surface area contributed by atoms with Gasteiger partial charge in [0.1, 0.15) is 12.7 Å². The van der Waals surface area contributed by atoms with Gasteiger partial charge in [0.05, 0.1) is 12.1 Å². The summed E-state index contributed by atoms with van der Waals surface area (Å²) in [6.07, 6.45) is 9.93. The molecule has 1 aromatic heterocycles. The van der Waals surface area contributed by atoms with Crippen LogP contribution in [0.25, 0.3) is 0 Å². The molecule has 4 bridgehead atoms. The number of amides is 1. The molecule has 5 rings (SSSR count). The van der Waals surface area contributed by atoms with E-state index >= 15 is 0 Å². The number of nitrogens with zero attached hydrogens (tertiary/aromatic N) is 3. The molecule has 1 heterocycles. The maximum absolute atomic E-state index is 12.3. The molecule has 0 aliphatic heterocycles. The molecule has 4 aliphatic rings. The van der Waals surface area contributed by atoms with E-state index in [-0.39, 0.29) is 17.4 Å². The molecular formula is C17H26N4O2. The second-order valence-electron chi connectivity index (χ2n) is 8.25. The predicted molar refractivity (Wildman–Crippen MR) is 84.3 cm³/mol. The average molecular weight is 318 g/mol. The standard InChI is InChI=1S/C17H26N4O2/c1-12(20-15(22)2-3-21-11-18-10-19-21)16-5-13-4-14(6-16)8-17(23,7-13)9-16/h10-14,23H,2-9H2,1H3,(H,20,22)/t12-,13-,14-,16?,17?/m1/s1. The Balaban J connectivity index is 1.38. The van der Waals surface area contributed by atoms with Crippen LogP contribution in [0.1, 0.15) is 51.9 Å². The Morgan fingerprint density at radius 3 is 2.74 bits per heavy atom. The Morgan fingerprint density at radius 2 is 2.13 bits per heavy atom. The van der Waals surface area contributed by atoms with Crippen LogP contribution in [-0.2, 0) is 11.3 Å². The van der Waals surface area contributed by atoms with E-state index in [2.05, 4.69) is 22.3 Å². The molecule has 23 heavy (non-hydrogen) atoms. The monoisotopic (exact) mass is 318 g/mol. The van der Waals surface area contributed by atoms with Gasteiger partial charge in [-0.2, -0.15) is 5.10 Å². The second-order valence-corrected chi connectivity index (χ2v) is 8.25. The summed E-state index contributed by atoms with van der Waals surface area (Å²) in [5.41, 5.74) is -0.369. The van der Waals surface area contributed by atoms with Gasteiger partial charge in [0.15, 0.2) is 0 Å². The molecule has 4 fully saturated rings. The molecule has 0 radical (unpaired) electrons. The lowest BCUT2D eigenvalue weighted by atomic mass is 9.46. The van der Waals surface area contributed by atoms with Gasteiger partial charge in [-0.3, -0.25) is 9.48 Å². The lowest BCUT2D eigenvalue weighted by molar-refractivity contribution is -0.173. The normalized spacial score (nSPS) is 39.4. The van der Waals surface area contributed by atoms with E-state index in [0.29, 0.717) is 24.8 Å². The Kier molecular flexibility index (Phi) is 3.48. The number of aliphatic hydroxyl groups is 1. The van der Waals surface area contributed by atoms with E-state index in [1.165, 1.54) is 12.7 Å². The smallest absolute Gasteiger partial charge is 0.222 e. The van der Waals surface area contributed by atoms with Crippen molar-refractivity contribution in [3.8, 4) is 0 Å². The number of carbonyl (C=O) groups is 1. The van der Waals surface area contributed by atoms with Crippen LogP contribution in [-0.4, -0.2) is 37.4 Å². The number of aryl methyl sites for hydroxylation is 1. The molecule has 0 saturated heterocycles. The summed E-state index contributed by atoms with van der Waals surface area (Å²) in [5, 5.41) is 18.1. The van der Waals surface area contributed by atoms with E-state index in [4.69, 9.17) is 0 Å². The average Bonchev–Trinajstić information content (AvgIpc) is 2.95. The van der Waals surface area contributed by atoms with Crippen LogP contribution < -0.4 is 5.32 Å². The molecule has 1 amide bonds. The molecule has 1 aromatic rings. The third-order valence-corrected chi connectivity index (χ3v) is 6.41. The zero-order valence-electron chi connectivity index (χ0n) is 13.7. The second kappa shape index (κ2) is 5.30. The lowest BCUT2D eigenvalue weighted by Gasteiger charge is -2.62. The van der Waals surface area contributed by atoms with Crippen LogP contribution in [0.3, 0.4) is 0 Å². The molecule has 0 spiro atoms. The van der Waals surface area contributed by atoms with Gasteiger partial charge >= 0.3 is 0 Å². The molecule has 2 N–H and O–H groups in total. The summed E-state index contributed by atoms with van der Waals surface area (Å²) < 4.78 is 1.68. The van der Waals surface area contributed by atoms with Crippen molar-refractivity contribution in [2.45, 2.75) is 70.1 Å². The zero-order chi connectivity index (χ0) is 16.1. The quantitative estimate of drug-likeness (QED) is 0.862. The molecule has 4 aliphatic carbocycles. The first-order valence-electron chi connectivity index (χ1n) is 8.81. The van der Waals surface area contributed by atoms with Crippen LogP contribution in [0, 0.1) is 17.3 Å². The molecular weight excluding hydrogens is 292 g/mol. The van der Waals surface area contributed by atoms with E-state index in [0.717, 1.165) is 32.1 Å². The maximum atomic E-state index is 12.3. The molecule has 0 aromatic carbocycles. The zero-order valence-corrected chi connectivity index (χ0v) is 13.7. The number of nitrogens with one attached hydrogen (secondary N) is 1. The summed E-state index contributed by atoms with van der Waals surface area (Å²) in [7, 11) is 0. The highest BCUT2D eigenvalue weighted by Gasteiger charge is 2.58. The third kappa shape index (κ3) is 2.77. The van der Waals surface area contributed by atoms with Crippen molar-refractivity contribution in [3.63, 3.8) is 0 Å². The number of hydrogen-bond acceptors (Lipinski definition) is 4. The minimum absolute atomic E-state index is 0.0655. The highest BCUT2D eigenvalue weighted by molar-refractivity contribution is 5.76. The Morgan fingerprint density at radius 1 is 1.39 bits per heavy atom. The fourth-order valence-electron chi connectivity index (χ4n) is 5.82. The summed E-state index contributed by atoms with van der Waals surface area (Å²) in [6.45, 7) is 2.69. The lowest BCUT2D eigenvalue weighted by Crippen LogP contribution is -2.61. The van der Waals surface area contributed by atoms with Gasteiger partial charge in [0.25, 0.3) is 0 Å². The Bertz CT molecular complexity index is 571. The third-order valence-electron chi connectivity index (χ3n) is 6.41. The van der Waals surface area contributed by atoms with Crippen molar-refractivity contribution in [1.29, 1.82) is 0 Å². The largest absolute Gasteiger partial charge is 0.390 e. The summed E-state index contributed by atoms with van der Waals surface area (Å²) in [4.78, 5) is 16.2. The minimum Gasteiger partial charge on any atom is -0.390 e. The molecule has 6 nitrogen and oxygen atoms in total. The fraction of sp³-hybridized carbons (Fsp3) is 0.824. The topological polar surface area (TPSA) is 80.0 Å². The van der Waals surface area contributed by atoms with Crippen LogP contribution in [0.15, 0.2) is 12.7 Å². The molecule has 4 saturated carbocycles. The first kappa shape index (κ1) is 15.1. The van der Waals surface area contributed by atoms with Gasteiger partial charge in [0.2, 0.25) is 5.91 Å². The van der Waals surface area contributed by atoms with Crippen LogP contribution in [0.4, 0.5) is 0 Å². The van der Waals surface area contributed by atoms with Crippen molar-refractivity contribution in [2.24, 2.45) is 17.3 Å². The number of carbonyl (C=O) groups excluding carboxylic acids is 1. The van der Waals surface area contributed by atoms with Gasteiger partial charge in [-0.15, -0.1) is 0 Å². The van der Waals surface area contributed by atoms with Gasteiger partial charge in [-0.1, -0.05) is 0 Å². The fourth-order valence-corrected chi connectivity index (χ4v) is 5.82. The van der Waals surface area contributed by atoms with Gasteiger partial charge in [0, 0.05) is 12.5 Å². The van der Waals surface area contributed by atoms with E-state index < -0.39 is 5.60 Å². The van der Waals surface area contributed by atoms with Crippen molar-refractivity contribution in [2.75, 3.05) is 0 Å². The Hall–Kier alpha value is -1.43. The van der Waals surface area contributed by atoms with Crippen molar-refractivity contribution >= 4 is 5.91 Å². The molecule has 6 heteroatoms. The van der Waals surface area contributed by atoms with Crippen LogP contribution in [0.2, 0.25) is 0 Å². The predicted octanol–water partition coefficient (Wildman–Crippen LogP) is 1.50. The number of aromatic nitrogens is 3. The molecule has 3 atom stereocenters. The van der Waals surface area contributed by atoms with Crippen LogP contribution in [0.5, 0.6) is 0 Å². The first-order valence-corrected chi connectivity index (χ1v) is 8.81. The molecule has 0 unspecified atom stereocenters. The Labute approximate surface area is 136 Å². The van der Waals surface area contributed by atoms with Crippen molar-refractivity contribution in [3.05, 3.63) is 12.7 Å².